The summed E-state index contributed by atoms with van der Waals surface area (Å²) in [5.41, 5.74) is 9.89. The van der Waals surface area contributed by atoms with E-state index in [1.807, 2.05) is 18.2 Å². The van der Waals surface area contributed by atoms with Crippen LogP contribution >= 0.6 is 11.6 Å². The highest BCUT2D eigenvalue weighted by Gasteiger charge is 2.23. The molecule has 5 aromatic rings. The molecule has 1 fully saturated rings. The largest absolute Gasteiger partial charge is 0.497 e. The maximum atomic E-state index is 13.3. The van der Waals surface area contributed by atoms with E-state index in [1.165, 1.54) is 4.68 Å². The Morgan fingerprint density at radius 2 is 1.87 bits per heavy atom. The second-order valence-corrected chi connectivity index (χ2v) is 11.0. The van der Waals surface area contributed by atoms with E-state index in [0.29, 0.717) is 63.8 Å². The van der Waals surface area contributed by atoms with Crippen LogP contribution in [-0.2, 0) is 11.8 Å². The van der Waals surface area contributed by atoms with Gasteiger partial charge >= 0.3 is 0 Å². The molecule has 2 aromatic heterocycles. The van der Waals surface area contributed by atoms with Gasteiger partial charge in [0, 0.05) is 41.4 Å². The van der Waals surface area contributed by atoms with E-state index in [-0.39, 0.29) is 17.5 Å². The van der Waals surface area contributed by atoms with Gasteiger partial charge in [0.05, 0.1) is 43.6 Å². The summed E-state index contributed by atoms with van der Waals surface area (Å²) < 4.78 is 20.1. The highest BCUT2D eigenvalue weighted by molar-refractivity contribution is 6.30. The van der Waals surface area contributed by atoms with Crippen LogP contribution in [0.15, 0.2) is 77.7 Å². The molecule has 3 aromatic carbocycles. The molecule has 0 radical (unpaired) electrons. The number of amides is 1. The molecule has 230 valence electrons. The van der Waals surface area contributed by atoms with E-state index < -0.39 is 11.5 Å². The number of nitrogens with two attached hydrogens (primary N) is 1. The van der Waals surface area contributed by atoms with E-state index in [0.717, 1.165) is 12.0 Å². The minimum atomic E-state index is -0.525. The second-order valence-electron chi connectivity index (χ2n) is 10.6. The number of ether oxygens (including phenoxy) is 3. The highest BCUT2D eigenvalue weighted by Crippen LogP contribution is 2.32. The maximum Gasteiger partial charge on any atom is 0.284 e. The van der Waals surface area contributed by atoms with Crippen molar-refractivity contribution < 1.29 is 19.0 Å². The quantitative estimate of drug-likeness (QED) is 0.238. The fraction of sp³-hybridized carbons (Fsp3) is 0.212. The number of benzene rings is 3. The van der Waals surface area contributed by atoms with Crippen molar-refractivity contribution in [3.8, 4) is 39.7 Å². The number of carbonyl (C=O) groups is 1. The Bertz CT molecular complexity index is 1950. The van der Waals surface area contributed by atoms with Crippen molar-refractivity contribution in [2.75, 3.05) is 31.4 Å². The van der Waals surface area contributed by atoms with Crippen LogP contribution < -0.4 is 26.1 Å². The molecular weight excluding hydrogens is 596 g/mol. The molecule has 1 amide bonds. The number of methoxy groups -OCH3 is 1. The van der Waals surface area contributed by atoms with Gasteiger partial charge in [0.1, 0.15) is 34.7 Å². The van der Waals surface area contributed by atoms with Crippen LogP contribution in [0, 0.1) is 6.92 Å². The molecule has 12 heteroatoms. The van der Waals surface area contributed by atoms with E-state index in [4.69, 9.17) is 36.5 Å². The summed E-state index contributed by atoms with van der Waals surface area (Å²) >= 11 is 6.14. The lowest BCUT2D eigenvalue weighted by atomic mass is 10.1. The first-order valence-corrected chi connectivity index (χ1v) is 14.6. The molecule has 1 aliphatic heterocycles. The lowest BCUT2D eigenvalue weighted by Gasteiger charge is -2.15. The normalized spacial score (nSPS) is 14.4. The summed E-state index contributed by atoms with van der Waals surface area (Å²) in [6.07, 6.45) is 2.40. The van der Waals surface area contributed by atoms with Crippen LogP contribution in [0.3, 0.4) is 0 Å². The molecule has 0 saturated carbocycles. The van der Waals surface area contributed by atoms with Gasteiger partial charge in [-0.3, -0.25) is 14.3 Å². The standard InChI is InChI=1S/C33H31ClN6O5/c1-19-29(33(42)40(39(19)2)24-6-4-5-22(34)15-24)32(41)37-23-9-7-20(8-10-23)30-31(35)36-17-28(38-30)21-13-26(43-3)16-27(14-21)45-25-11-12-44-18-25/h4-10,13-17,25H,11-12,18H2,1-3H3,(H2,35,36)(H,37,41). The fourth-order valence-electron chi connectivity index (χ4n) is 5.23. The number of aromatic nitrogens is 4. The molecule has 6 rings (SSSR count). The Hall–Kier alpha value is -5.13. The van der Waals surface area contributed by atoms with Crippen LogP contribution in [-0.4, -0.2) is 51.7 Å². The number of nitrogens with zero attached hydrogens (tertiary/aromatic N) is 4. The summed E-state index contributed by atoms with van der Waals surface area (Å²) in [5.74, 6) is 0.991. The van der Waals surface area contributed by atoms with Gasteiger partial charge in [-0.1, -0.05) is 29.8 Å². The molecule has 1 saturated heterocycles. The number of anilines is 2. The van der Waals surface area contributed by atoms with Gasteiger partial charge in [0.15, 0.2) is 0 Å². The van der Waals surface area contributed by atoms with Crippen molar-refractivity contribution in [2.24, 2.45) is 7.05 Å². The summed E-state index contributed by atoms with van der Waals surface area (Å²) in [4.78, 5) is 35.8. The number of hydrogen-bond donors (Lipinski definition) is 2. The van der Waals surface area contributed by atoms with E-state index >= 15 is 0 Å². The van der Waals surface area contributed by atoms with Crippen molar-refractivity contribution in [3.05, 3.63) is 99.6 Å². The fourth-order valence-corrected chi connectivity index (χ4v) is 5.41. The first-order chi connectivity index (χ1) is 21.7. The van der Waals surface area contributed by atoms with Gasteiger partial charge in [-0.05, 0) is 49.4 Å². The third-order valence-corrected chi connectivity index (χ3v) is 7.89. The Morgan fingerprint density at radius 3 is 2.58 bits per heavy atom. The van der Waals surface area contributed by atoms with Crippen LogP contribution in [0.25, 0.3) is 28.2 Å². The van der Waals surface area contributed by atoms with Gasteiger partial charge in [0.25, 0.3) is 11.5 Å². The number of nitrogens with one attached hydrogen (secondary N) is 1. The zero-order valence-corrected chi connectivity index (χ0v) is 25.7. The van der Waals surface area contributed by atoms with Crippen LogP contribution in [0.5, 0.6) is 11.5 Å². The average molecular weight is 627 g/mol. The van der Waals surface area contributed by atoms with Gasteiger partial charge in [-0.15, -0.1) is 0 Å². The third-order valence-electron chi connectivity index (χ3n) is 7.65. The average Bonchev–Trinajstić information content (AvgIpc) is 3.62. The smallest absolute Gasteiger partial charge is 0.284 e. The third kappa shape index (κ3) is 6.13. The summed E-state index contributed by atoms with van der Waals surface area (Å²) in [6.45, 7) is 2.93. The van der Waals surface area contributed by atoms with E-state index in [1.54, 1.807) is 80.5 Å². The predicted molar refractivity (Wildman–Crippen MR) is 172 cm³/mol. The molecule has 0 spiro atoms. The Morgan fingerprint density at radius 1 is 1.09 bits per heavy atom. The molecule has 1 atom stereocenters. The van der Waals surface area contributed by atoms with Crippen molar-refractivity contribution in [3.63, 3.8) is 0 Å². The van der Waals surface area contributed by atoms with E-state index in [2.05, 4.69) is 10.3 Å². The summed E-state index contributed by atoms with van der Waals surface area (Å²) in [5, 5.41) is 3.31. The van der Waals surface area contributed by atoms with Crippen molar-refractivity contribution in [1.29, 1.82) is 0 Å². The van der Waals surface area contributed by atoms with Crippen molar-refractivity contribution >= 4 is 29.0 Å². The number of halogens is 1. The molecule has 0 bridgehead atoms. The Labute approximate surface area is 264 Å². The van der Waals surface area contributed by atoms with Gasteiger partial charge in [-0.2, -0.15) is 0 Å². The maximum absolute atomic E-state index is 13.3. The Kier molecular flexibility index (Phi) is 8.29. The molecule has 1 aliphatic rings. The molecular formula is C33H31ClN6O5. The Balaban J connectivity index is 1.24. The first-order valence-electron chi connectivity index (χ1n) is 14.2. The number of nitrogen functional groups attached to an aromatic ring is 1. The molecule has 1 unspecified atom stereocenters. The molecule has 45 heavy (non-hydrogen) atoms. The van der Waals surface area contributed by atoms with Crippen LogP contribution in [0.4, 0.5) is 11.5 Å². The lowest BCUT2D eigenvalue weighted by Crippen LogP contribution is -2.25. The summed E-state index contributed by atoms with van der Waals surface area (Å²) in [6, 6.07) is 19.4. The minimum Gasteiger partial charge on any atom is -0.497 e. The van der Waals surface area contributed by atoms with Gasteiger partial charge in [0.2, 0.25) is 0 Å². The SMILES string of the molecule is COc1cc(OC2CCOC2)cc(-c2cnc(N)c(-c3ccc(NC(=O)c4c(C)n(C)n(-c5cccc(Cl)c5)c4=O)cc3)n2)c1. The number of hydrogen-bond acceptors (Lipinski definition) is 8. The molecule has 11 nitrogen and oxygen atoms in total. The van der Waals surface area contributed by atoms with Gasteiger partial charge < -0.3 is 25.3 Å². The number of carbonyl (C=O) groups excluding carboxylic acids is 1. The molecule has 3 heterocycles. The molecule has 3 N–H and O–H groups in total. The number of rotatable bonds is 8. The van der Waals surface area contributed by atoms with Gasteiger partial charge in [-0.25, -0.2) is 14.6 Å². The monoisotopic (exact) mass is 626 g/mol. The van der Waals surface area contributed by atoms with E-state index in [9.17, 15) is 9.59 Å². The van der Waals surface area contributed by atoms with Crippen molar-refractivity contribution in [2.45, 2.75) is 19.4 Å². The van der Waals surface area contributed by atoms with Crippen LogP contribution in [0.2, 0.25) is 5.02 Å². The van der Waals surface area contributed by atoms with Crippen LogP contribution in [0.1, 0.15) is 22.5 Å². The zero-order chi connectivity index (χ0) is 31.7. The second kappa shape index (κ2) is 12.5. The zero-order valence-electron chi connectivity index (χ0n) is 24.9. The summed E-state index contributed by atoms with van der Waals surface area (Å²) in [7, 11) is 3.31. The topological polar surface area (TPSA) is 136 Å². The predicted octanol–water partition coefficient (Wildman–Crippen LogP) is 5.27. The lowest BCUT2D eigenvalue weighted by molar-refractivity contribution is 0.102. The first kappa shape index (κ1) is 29.9. The van der Waals surface area contributed by atoms with Crippen molar-refractivity contribution in [1.82, 2.24) is 19.3 Å². The minimum absolute atomic E-state index is 0.0215. The molecule has 0 aliphatic carbocycles. The highest BCUT2D eigenvalue weighted by atomic mass is 35.5.